The summed E-state index contributed by atoms with van der Waals surface area (Å²) in [7, 11) is 1.67. The molecule has 3 N–H and O–H groups in total. The van der Waals surface area contributed by atoms with Gasteiger partial charge in [0.15, 0.2) is 5.13 Å². The Kier molecular flexibility index (Phi) is 6.11. The van der Waals surface area contributed by atoms with Gasteiger partial charge in [-0.05, 0) is 50.2 Å². The molecule has 0 aliphatic carbocycles. The highest BCUT2D eigenvalue weighted by atomic mass is 32.1. The normalized spacial score (nSPS) is 14.9. The van der Waals surface area contributed by atoms with Gasteiger partial charge in [0, 0.05) is 49.2 Å². The number of methoxy groups -OCH3 is 1. The zero-order valence-corrected chi connectivity index (χ0v) is 18.6. The number of benzene rings is 2. The van der Waals surface area contributed by atoms with Crippen LogP contribution in [-0.2, 0) is 0 Å². The van der Waals surface area contributed by atoms with Crippen molar-refractivity contribution < 1.29 is 4.74 Å². The first-order valence-corrected chi connectivity index (χ1v) is 11.1. The lowest BCUT2D eigenvalue weighted by atomic mass is 10.1. The van der Waals surface area contributed by atoms with E-state index < -0.39 is 0 Å². The number of anilines is 4. The molecule has 1 aromatic heterocycles. The fourth-order valence-electron chi connectivity index (χ4n) is 3.79. The van der Waals surface area contributed by atoms with E-state index in [-0.39, 0.29) is 0 Å². The summed E-state index contributed by atoms with van der Waals surface area (Å²) in [5.41, 5.74) is 9.42. The molecule has 0 spiro atoms. The zero-order chi connectivity index (χ0) is 21.1. The summed E-state index contributed by atoms with van der Waals surface area (Å²) in [5.74, 6) is 1.30. The first-order valence-electron chi connectivity index (χ1n) is 10.3. The minimum absolute atomic E-state index is 0.506. The lowest BCUT2D eigenvalue weighted by molar-refractivity contribution is 0.209. The third-order valence-electron chi connectivity index (χ3n) is 5.53. The van der Waals surface area contributed by atoms with Gasteiger partial charge in [-0.1, -0.05) is 23.5 Å². The maximum atomic E-state index is 6.20. The summed E-state index contributed by atoms with van der Waals surface area (Å²) in [4.78, 5) is 10.4. The summed E-state index contributed by atoms with van der Waals surface area (Å²) in [6.45, 7) is 8.89. The standard InChI is InChI=1S/C23H29N5OS/c1-16(2)27-12-14-28(15-13-27)18-10-8-17(9-11-18)25-23-26-22(24)21(30-23)19-6-4-5-7-20(19)29-3/h4-11,16H,12-15,24H2,1-3H3,(H,25,26). The molecular weight excluding hydrogens is 394 g/mol. The van der Waals surface area contributed by atoms with Crippen molar-refractivity contribution in [3.8, 4) is 16.2 Å². The van der Waals surface area contributed by atoms with E-state index in [1.165, 1.54) is 17.0 Å². The third kappa shape index (κ3) is 4.37. The predicted molar refractivity (Wildman–Crippen MR) is 127 cm³/mol. The van der Waals surface area contributed by atoms with Crippen LogP contribution < -0.4 is 20.7 Å². The number of ether oxygens (including phenoxy) is 1. The Labute approximate surface area is 182 Å². The third-order valence-corrected chi connectivity index (χ3v) is 6.55. The van der Waals surface area contributed by atoms with E-state index in [4.69, 9.17) is 10.5 Å². The topological polar surface area (TPSA) is 66.7 Å². The monoisotopic (exact) mass is 423 g/mol. The summed E-state index contributed by atoms with van der Waals surface area (Å²) >= 11 is 1.53. The minimum atomic E-state index is 0.506. The van der Waals surface area contributed by atoms with Crippen molar-refractivity contribution >= 4 is 33.7 Å². The van der Waals surface area contributed by atoms with E-state index in [9.17, 15) is 0 Å². The van der Waals surface area contributed by atoms with E-state index in [0.29, 0.717) is 11.9 Å². The van der Waals surface area contributed by atoms with Crippen LogP contribution >= 0.6 is 11.3 Å². The summed E-state index contributed by atoms with van der Waals surface area (Å²) < 4.78 is 5.47. The van der Waals surface area contributed by atoms with E-state index in [2.05, 4.69) is 58.2 Å². The number of piperazine rings is 1. The first kappa shape index (κ1) is 20.5. The molecule has 1 aliphatic heterocycles. The molecule has 1 aliphatic rings. The highest BCUT2D eigenvalue weighted by molar-refractivity contribution is 7.19. The van der Waals surface area contributed by atoms with Gasteiger partial charge in [-0.2, -0.15) is 0 Å². The van der Waals surface area contributed by atoms with Crippen LogP contribution in [0.5, 0.6) is 5.75 Å². The van der Waals surface area contributed by atoms with Gasteiger partial charge in [-0.25, -0.2) is 4.98 Å². The molecule has 2 heterocycles. The number of hydrogen-bond donors (Lipinski definition) is 2. The van der Waals surface area contributed by atoms with Gasteiger partial charge in [0.2, 0.25) is 0 Å². The lowest BCUT2D eigenvalue weighted by Gasteiger charge is -2.38. The maximum absolute atomic E-state index is 6.20. The molecule has 7 heteroatoms. The molecular formula is C23H29N5OS. The van der Waals surface area contributed by atoms with Crippen LogP contribution in [0.25, 0.3) is 10.4 Å². The highest BCUT2D eigenvalue weighted by Gasteiger charge is 2.19. The molecule has 0 bridgehead atoms. The lowest BCUT2D eigenvalue weighted by Crippen LogP contribution is -2.48. The molecule has 1 saturated heterocycles. The Morgan fingerprint density at radius 2 is 1.73 bits per heavy atom. The maximum Gasteiger partial charge on any atom is 0.189 e. The molecule has 1 fully saturated rings. The average molecular weight is 424 g/mol. The number of thiazole rings is 1. The van der Waals surface area contributed by atoms with Crippen molar-refractivity contribution in [2.75, 3.05) is 49.2 Å². The Balaban J connectivity index is 1.44. The van der Waals surface area contributed by atoms with Crippen molar-refractivity contribution in [3.63, 3.8) is 0 Å². The SMILES string of the molecule is COc1ccccc1-c1sc(Nc2ccc(N3CCN(C(C)C)CC3)cc2)nc1N. The van der Waals surface area contributed by atoms with Crippen LogP contribution in [0.2, 0.25) is 0 Å². The van der Waals surface area contributed by atoms with E-state index >= 15 is 0 Å². The molecule has 3 aromatic rings. The fraction of sp³-hybridized carbons (Fsp3) is 0.348. The molecule has 0 saturated carbocycles. The molecule has 0 amide bonds. The zero-order valence-electron chi connectivity index (χ0n) is 17.8. The average Bonchev–Trinajstić information content (AvgIpc) is 3.14. The van der Waals surface area contributed by atoms with Crippen molar-refractivity contribution in [2.45, 2.75) is 19.9 Å². The van der Waals surface area contributed by atoms with Crippen LogP contribution in [0.4, 0.5) is 22.3 Å². The minimum Gasteiger partial charge on any atom is -0.496 e. The molecule has 0 radical (unpaired) electrons. The van der Waals surface area contributed by atoms with Crippen molar-refractivity contribution in [1.82, 2.24) is 9.88 Å². The van der Waals surface area contributed by atoms with Gasteiger partial charge < -0.3 is 20.7 Å². The van der Waals surface area contributed by atoms with Gasteiger partial charge in [0.1, 0.15) is 11.6 Å². The van der Waals surface area contributed by atoms with Crippen molar-refractivity contribution in [1.29, 1.82) is 0 Å². The predicted octanol–water partition coefficient (Wildman–Crippen LogP) is 4.67. The molecule has 158 valence electrons. The molecule has 0 unspecified atom stereocenters. The number of aromatic nitrogens is 1. The van der Waals surface area contributed by atoms with E-state index in [1.54, 1.807) is 7.11 Å². The Morgan fingerprint density at radius 3 is 2.40 bits per heavy atom. The van der Waals surface area contributed by atoms with Crippen LogP contribution in [0.1, 0.15) is 13.8 Å². The molecule has 30 heavy (non-hydrogen) atoms. The number of nitrogens with two attached hydrogens (primary N) is 1. The summed E-state index contributed by atoms with van der Waals surface area (Å²) in [6.07, 6.45) is 0. The number of nitrogens with one attached hydrogen (secondary N) is 1. The number of nitrogens with zero attached hydrogens (tertiary/aromatic N) is 3. The van der Waals surface area contributed by atoms with Crippen molar-refractivity contribution in [2.24, 2.45) is 0 Å². The number of hydrogen-bond acceptors (Lipinski definition) is 7. The molecule has 2 aromatic carbocycles. The van der Waals surface area contributed by atoms with Crippen LogP contribution in [0.15, 0.2) is 48.5 Å². The van der Waals surface area contributed by atoms with E-state index in [0.717, 1.165) is 53.2 Å². The second-order valence-electron chi connectivity index (χ2n) is 7.72. The molecule has 0 atom stereocenters. The Hall–Kier alpha value is -2.77. The number of rotatable bonds is 6. The van der Waals surface area contributed by atoms with Crippen LogP contribution in [0.3, 0.4) is 0 Å². The number of nitrogen functional groups attached to an aromatic ring is 1. The van der Waals surface area contributed by atoms with Gasteiger partial charge >= 0.3 is 0 Å². The largest absolute Gasteiger partial charge is 0.496 e. The first-order chi connectivity index (χ1) is 14.5. The van der Waals surface area contributed by atoms with Gasteiger partial charge in [-0.15, -0.1) is 0 Å². The summed E-state index contributed by atoms with van der Waals surface area (Å²) in [5, 5.41) is 4.15. The fourth-order valence-corrected chi connectivity index (χ4v) is 4.72. The van der Waals surface area contributed by atoms with Crippen molar-refractivity contribution in [3.05, 3.63) is 48.5 Å². The second kappa shape index (κ2) is 8.93. The van der Waals surface area contributed by atoms with Gasteiger partial charge in [0.25, 0.3) is 0 Å². The van der Waals surface area contributed by atoms with Crippen LogP contribution in [0, 0.1) is 0 Å². The quantitative estimate of drug-likeness (QED) is 0.600. The molecule has 4 rings (SSSR count). The summed E-state index contributed by atoms with van der Waals surface area (Å²) in [6, 6.07) is 17.0. The highest BCUT2D eigenvalue weighted by Crippen LogP contribution is 2.40. The van der Waals surface area contributed by atoms with Gasteiger partial charge in [0.05, 0.1) is 12.0 Å². The smallest absolute Gasteiger partial charge is 0.189 e. The van der Waals surface area contributed by atoms with Crippen LogP contribution in [-0.4, -0.2) is 49.2 Å². The van der Waals surface area contributed by atoms with Gasteiger partial charge in [-0.3, -0.25) is 4.90 Å². The van der Waals surface area contributed by atoms with E-state index in [1.807, 2.05) is 24.3 Å². The number of para-hydroxylation sites is 1. The molecule has 6 nitrogen and oxygen atoms in total. The Morgan fingerprint density at radius 1 is 1.03 bits per heavy atom. The second-order valence-corrected chi connectivity index (χ2v) is 8.72. The Bertz CT molecular complexity index is 978.